The summed E-state index contributed by atoms with van der Waals surface area (Å²) in [5, 5.41) is 2.22. The van der Waals surface area contributed by atoms with E-state index in [9.17, 15) is 0 Å². The zero-order valence-electron chi connectivity index (χ0n) is 15.6. The van der Waals surface area contributed by atoms with Gasteiger partial charge in [0.15, 0.2) is 5.58 Å². The maximum absolute atomic E-state index is 6.26. The first-order valence-corrected chi connectivity index (χ1v) is 8.99. The fourth-order valence-electron chi connectivity index (χ4n) is 3.41. The van der Waals surface area contributed by atoms with Crippen molar-refractivity contribution in [1.29, 1.82) is 0 Å². The second-order valence-electron chi connectivity index (χ2n) is 7.47. The smallest absolute Gasteiger partial charge is 0.227 e. The molecule has 0 fully saturated rings. The Kier molecular flexibility index (Phi) is 3.71. The summed E-state index contributed by atoms with van der Waals surface area (Å²) in [4.78, 5) is 9.32. The summed E-state index contributed by atoms with van der Waals surface area (Å²) in [5.74, 6) is 0.389. The van der Waals surface area contributed by atoms with Crippen LogP contribution in [0.5, 0.6) is 0 Å². The molecule has 2 aromatic heterocycles. The number of fused-ring (bicyclic) bond motifs is 3. The van der Waals surface area contributed by atoms with E-state index in [0.29, 0.717) is 12.0 Å². The number of aryl methyl sites for hydroxylation is 1. The number of anilines is 1. The van der Waals surface area contributed by atoms with E-state index in [1.54, 1.807) is 0 Å². The van der Waals surface area contributed by atoms with E-state index >= 15 is 0 Å². The van der Waals surface area contributed by atoms with Crippen LogP contribution in [0.25, 0.3) is 22.1 Å². The molecular formula is C21H25N3O. The molecule has 1 aliphatic heterocycles. The second-order valence-corrected chi connectivity index (χ2v) is 7.47. The maximum Gasteiger partial charge on any atom is 0.227 e. The van der Waals surface area contributed by atoms with E-state index in [-0.39, 0.29) is 0 Å². The summed E-state index contributed by atoms with van der Waals surface area (Å²) in [5.41, 5.74) is 5.08. The largest absolute Gasteiger partial charge is 0.435 e. The van der Waals surface area contributed by atoms with Crippen LogP contribution in [-0.2, 0) is 0 Å². The highest BCUT2D eigenvalue weighted by Gasteiger charge is 2.22. The van der Waals surface area contributed by atoms with Crippen molar-refractivity contribution in [2.45, 2.75) is 46.6 Å². The first kappa shape index (κ1) is 16.0. The first-order valence-electron chi connectivity index (χ1n) is 8.99. The number of nitrogens with zero attached hydrogens (tertiary/aromatic N) is 3. The lowest BCUT2D eigenvalue weighted by molar-refractivity contribution is 0.336. The molecule has 130 valence electrons. The monoisotopic (exact) mass is 335 g/mol. The van der Waals surface area contributed by atoms with Crippen molar-refractivity contribution in [3.8, 4) is 0 Å². The topological polar surface area (TPSA) is 32.5 Å². The van der Waals surface area contributed by atoms with Gasteiger partial charge in [-0.1, -0.05) is 26.0 Å². The quantitative estimate of drug-likeness (QED) is 0.644. The van der Waals surface area contributed by atoms with Gasteiger partial charge in [0.1, 0.15) is 0 Å². The molecule has 3 aromatic rings. The third-order valence-electron chi connectivity index (χ3n) is 5.00. The summed E-state index contributed by atoms with van der Waals surface area (Å²) < 4.78 is 6.26. The molecule has 0 atom stereocenters. The molecule has 0 amide bonds. The summed E-state index contributed by atoms with van der Waals surface area (Å²) >= 11 is 0. The lowest BCUT2D eigenvalue weighted by atomic mass is 10.1. The van der Waals surface area contributed by atoms with E-state index in [2.05, 4.69) is 81.1 Å². The number of pyridine rings is 1. The van der Waals surface area contributed by atoms with Crippen LogP contribution in [-0.4, -0.2) is 22.6 Å². The Bertz CT molecular complexity index is 968. The second kappa shape index (κ2) is 5.80. The Morgan fingerprint density at radius 3 is 2.44 bits per heavy atom. The molecule has 0 saturated carbocycles. The van der Waals surface area contributed by atoms with Crippen molar-refractivity contribution >= 4 is 27.8 Å². The van der Waals surface area contributed by atoms with Crippen LogP contribution in [0.1, 0.15) is 44.9 Å². The average Bonchev–Trinajstić information content (AvgIpc) is 3.18. The third-order valence-corrected chi connectivity index (χ3v) is 5.00. The molecule has 0 unspecified atom stereocenters. The molecule has 4 heteroatoms. The molecule has 0 saturated heterocycles. The van der Waals surface area contributed by atoms with Gasteiger partial charge in [-0.3, -0.25) is 0 Å². The Morgan fingerprint density at radius 1 is 1.00 bits per heavy atom. The van der Waals surface area contributed by atoms with Crippen molar-refractivity contribution in [1.82, 2.24) is 9.88 Å². The van der Waals surface area contributed by atoms with Gasteiger partial charge in [-0.2, -0.15) is 0 Å². The molecule has 25 heavy (non-hydrogen) atoms. The Balaban J connectivity index is 1.88. The number of aromatic nitrogens is 1. The van der Waals surface area contributed by atoms with Gasteiger partial charge in [0.05, 0.1) is 12.4 Å². The summed E-state index contributed by atoms with van der Waals surface area (Å²) in [6.07, 6.45) is 4.29. The fourth-order valence-corrected chi connectivity index (χ4v) is 3.41. The number of furan rings is 1. The Morgan fingerprint density at radius 2 is 1.76 bits per heavy atom. The van der Waals surface area contributed by atoms with E-state index in [1.807, 2.05) is 0 Å². The fraction of sp³-hybridized carbons (Fsp3) is 0.381. The van der Waals surface area contributed by atoms with Gasteiger partial charge in [-0.25, -0.2) is 4.98 Å². The lowest BCUT2D eigenvalue weighted by Gasteiger charge is -2.25. The zero-order valence-corrected chi connectivity index (χ0v) is 15.6. The van der Waals surface area contributed by atoms with Crippen LogP contribution < -0.4 is 4.90 Å². The summed E-state index contributed by atoms with van der Waals surface area (Å²) in [6.45, 7) is 11.7. The molecule has 0 bridgehead atoms. The zero-order chi connectivity index (χ0) is 17.7. The lowest BCUT2D eigenvalue weighted by Crippen LogP contribution is -2.30. The SMILES string of the molecule is Cc1ccc2c(oc3nc(C(C)C)ccc32)c1N1C=CN(C(C)C)C1. The molecule has 1 aliphatic rings. The van der Waals surface area contributed by atoms with Gasteiger partial charge in [-0.05, 0) is 44.4 Å². The van der Waals surface area contributed by atoms with E-state index in [4.69, 9.17) is 9.40 Å². The highest BCUT2D eigenvalue weighted by Crippen LogP contribution is 2.38. The predicted molar refractivity (Wildman–Crippen MR) is 104 cm³/mol. The normalized spacial score (nSPS) is 14.8. The molecule has 0 radical (unpaired) electrons. The summed E-state index contributed by atoms with van der Waals surface area (Å²) in [6, 6.07) is 9.05. The molecule has 3 heterocycles. The van der Waals surface area contributed by atoms with E-state index in [1.165, 1.54) is 5.56 Å². The van der Waals surface area contributed by atoms with E-state index in [0.717, 1.165) is 40.1 Å². The first-order chi connectivity index (χ1) is 12.0. The molecular weight excluding hydrogens is 310 g/mol. The highest BCUT2D eigenvalue weighted by atomic mass is 16.3. The third kappa shape index (κ3) is 2.56. The minimum Gasteiger partial charge on any atom is -0.435 e. The molecule has 4 rings (SSSR count). The highest BCUT2D eigenvalue weighted by molar-refractivity contribution is 6.08. The molecule has 4 nitrogen and oxygen atoms in total. The van der Waals surface area contributed by atoms with Gasteiger partial charge in [0.25, 0.3) is 0 Å². The van der Waals surface area contributed by atoms with E-state index < -0.39 is 0 Å². The number of benzene rings is 1. The number of hydrogen-bond acceptors (Lipinski definition) is 4. The van der Waals surface area contributed by atoms with Crippen molar-refractivity contribution in [2.24, 2.45) is 0 Å². The van der Waals surface area contributed by atoms with Gasteiger partial charge in [-0.15, -0.1) is 0 Å². The predicted octanol–water partition coefficient (Wildman–Crippen LogP) is 5.37. The van der Waals surface area contributed by atoms with Gasteiger partial charge in [0, 0.05) is 34.9 Å². The van der Waals surface area contributed by atoms with Crippen LogP contribution in [0.4, 0.5) is 5.69 Å². The molecule has 0 aliphatic carbocycles. The van der Waals surface area contributed by atoms with Crippen LogP contribution in [0.15, 0.2) is 41.1 Å². The van der Waals surface area contributed by atoms with Crippen molar-refractivity contribution in [2.75, 3.05) is 11.6 Å². The maximum atomic E-state index is 6.26. The van der Waals surface area contributed by atoms with Crippen LogP contribution >= 0.6 is 0 Å². The van der Waals surface area contributed by atoms with Crippen LogP contribution in [0, 0.1) is 6.92 Å². The summed E-state index contributed by atoms with van der Waals surface area (Å²) in [7, 11) is 0. The van der Waals surface area contributed by atoms with Gasteiger partial charge >= 0.3 is 0 Å². The van der Waals surface area contributed by atoms with Crippen LogP contribution in [0.3, 0.4) is 0 Å². The molecule has 0 spiro atoms. The Hall–Kier alpha value is -2.49. The molecule has 0 N–H and O–H groups in total. The van der Waals surface area contributed by atoms with Crippen LogP contribution in [0.2, 0.25) is 0 Å². The van der Waals surface area contributed by atoms with Gasteiger partial charge in [0.2, 0.25) is 5.71 Å². The molecule has 1 aromatic carbocycles. The van der Waals surface area contributed by atoms with Crippen molar-refractivity contribution in [3.05, 3.63) is 47.9 Å². The van der Waals surface area contributed by atoms with Crippen molar-refractivity contribution < 1.29 is 4.42 Å². The Labute approximate surface area is 148 Å². The number of hydrogen-bond donors (Lipinski definition) is 0. The van der Waals surface area contributed by atoms with Crippen molar-refractivity contribution in [3.63, 3.8) is 0 Å². The minimum absolute atomic E-state index is 0.389. The minimum atomic E-state index is 0.389. The van der Waals surface area contributed by atoms with Gasteiger partial charge < -0.3 is 14.2 Å². The standard InChI is InChI=1S/C21H25N3O/c1-13(2)18-9-8-17-16-7-6-15(5)19(20(16)25-21(17)22-18)24-11-10-23(12-24)14(3)4/h6-11,13-14H,12H2,1-5H3. The number of rotatable bonds is 3. The average molecular weight is 335 g/mol.